The summed E-state index contributed by atoms with van der Waals surface area (Å²) >= 11 is 0. The summed E-state index contributed by atoms with van der Waals surface area (Å²) in [5.41, 5.74) is -0.106. The Bertz CT molecular complexity index is 778. The summed E-state index contributed by atoms with van der Waals surface area (Å²) in [5.74, 6) is 0.281. The molecule has 1 aromatic heterocycles. The normalized spacial score (nSPS) is 15.3. The molecule has 9 heteroatoms. The minimum Gasteiger partial charge on any atom is -0.497 e. The van der Waals surface area contributed by atoms with E-state index in [0.717, 1.165) is 17.5 Å². The molecule has 0 radical (unpaired) electrons. The van der Waals surface area contributed by atoms with Gasteiger partial charge in [0.2, 0.25) is 0 Å². The van der Waals surface area contributed by atoms with E-state index in [1.165, 1.54) is 11.9 Å². The van der Waals surface area contributed by atoms with Crippen LogP contribution in [0.1, 0.15) is 16.2 Å². The van der Waals surface area contributed by atoms with Gasteiger partial charge in [-0.3, -0.25) is 9.48 Å². The number of carbonyl (C=O) groups is 1. The number of hydrogen-bond donors (Lipinski definition) is 0. The predicted octanol–water partition coefficient (Wildman–Crippen LogP) is 2.41. The number of piperazine rings is 1. The predicted molar refractivity (Wildman–Crippen MR) is 89.3 cm³/mol. The highest BCUT2D eigenvalue weighted by atomic mass is 19.4. The molecular formula is C17H19F3N4O2. The van der Waals surface area contributed by atoms with Gasteiger partial charge in [0.25, 0.3) is 5.91 Å². The number of hydrogen-bond acceptors (Lipinski definition) is 4. The third-order valence-corrected chi connectivity index (χ3v) is 4.39. The molecule has 0 atom stereocenters. The van der Waals surface area contributed by atoms with Gasteiger partial charge in [0, 0.05) is 45.0 Å². The SMILES string of the molecule is COc1ccc(N2CCN(C(=O)c3cc(C(F)(F)F)n(C)n3)CC2)cc1. The second-order valence-corrected chi connectivity index (χ2v) is 6.01. The van der Waals surface area contributed by atoms with Crippen LogP contribution in [0.2, 0.25) is 0 Å². The molecule has 0 aliphatic carbocycles. The lowest BCUT2D eigenvalue weighted by molar-refractivity contribution is -0.143. The number of amides is 1. The molecule has 0 bridgehead atoms. The lowest BCUT2D eigenvalue weighted by Crippen LogP contribution is -2.48. The number of ether oxygens (including phenoxy) is 1. The highest BCUT2D eigenvalue weighted by Crippen LogP contribution is 2.29. The molecular weight excluding hydrogens is 349 g/mol. The van der Waals surface area contributed by atoms with Gasteiger partial charge in [-0.05, 0) is 24.3 Å². The molecule has 1 aromatic carbocycles. The zero-order chi connectivity index (χ0) is 18.9. The number of benzene rings is 1. The summed E-state index contributed by atoms with van der Waals surface area (Å²) in [6, 6.07) is 8.40. The van der Waals surface area contributed by atoms with E-state index in [2.05, 4.69) is 10.00 Å². The molecule has 0 spiro atoms. The second kappa shape index (κ2) is 6.89. The van der Waals surface area contributed by atoms with Crippen LogP contribution in [-0.4, -0.2) is 53.9 Å². The summed E-state index contributed by atoms with van der Waals surface area (Å²) in [7, 11) is 2.78. The van der Waals surface area contributed by atoms with Gasteiger partial charge in [-0.15, -0.1) is 0 Å². The molecule has 1 amide bonds. The van der Waals surface area contributed by atoms with Crippen molar-refractivity contribution in [2.45, 2.75) is 6.18 Å². The smallest absolute Gasteiger partial charge is 0.433 e. The first kappa shape index (κ1) is 18.1. The van der Waals surface area contributed by atoms with E-state index in [9.17, 15) is 18.0 Å². The number of rotatable bonds is 3. The molecule has 6 nitrogen and oxygen atoms in total. The highest BCUT2D eigenvalue weighted by molar-refractivity contribution is 5.92. The van der Waals surface area contributed by atoms with E-state index in [1.54, 1.807) is 7.11 Å². The topological polar surface area (TPSA) is 50.6 Å². The van der Waals surface area contributed by atoms with Crippen LogP contribution in [0.4, 0.5) is 18.9 Å². The first-order valence-electron chi connectivity index (χ1n) is 8.09. The van der Waals surface area contributed by atoms with Crippen LogP contribution in [-0.2, 0) is 13.2 Å². The molecule has 0 N–H and O–H groups in total. The lowest BCUT2D eigenvalue weighted by Gasteiger charge is -2.35. The third kappa shape index (κ3) is 3.61. The Morgan fingerprint density at radius 1 is 1.12 bits per heavy atom. The zero-order valence-electron chi connectivity index (χ0n) is 14.5. The van der Waals surface area contributed by atoms with Gasteiger partial charge in [0.05, 0.1) is 7.11 Å². The molecule has 2 aromatic rings. The lowest BCUT2D eigenvalue weighted by atomic mass is 10.2. The first-order chi connectivity index (χ1) is 12.3. The number of aromatic nitrogens is 2. The van der Waals surface area contributed by atoms with Crippen LogP contribution in [0, 0.1) is 0 Å². The number of methoxy groups -OCH3 is 1. The Morgan fingerprint density at radius 3 is 2.23 bits per heavy atom. The molecule has 140 valence electrons. The highest BCUT2D eigenvalue weighted by Gasteiger charge is 2.36. The van der Waals surface area contributed by atoms with E-state index < -0.39 is 17.8 Å². The van der Waals surface area contributed by atoms with E-state index in [0.29, 0.717) is 30.9 Å². The van der Waals surface area contributed by atoms with Crippen molar-refractivity contribution in [1.29, 1.82) is 0 Å². The maximum absolute atomic E-state index is 12.9. The van der Waals surface area contributed by atoms with Gasteiger partial charge in [0.15, 0.2) is 5.69 Å². The quantitative estimate of drug-likeness (QED) is 0.835. The number of alkyl halides is 3. The van der Waals surface area contributed by atoms with Gasteiger partial charge in [-0.1, -0.05) is 0 Å². The average molecular weight is 368 g/mol. The largest absolute Gasteiger partial charge is 0.497 e. The Balaban J connectivity index is 1.65. The monoisotopic (exact) mass is 368 g/mol. The maximum Gasteiger partial charge on any atom is 0.433 e. The molecule has 0 saturated carbocycles. The van der Waals surface area contributed by atoms with Crippen LogP contribution in [0.25, 0.3) is 0 Å². The van der Waals surface area contributed by atoms with Crippen molar-refractivity contribution >= 4 is 11.6 Å². The van der Waals surface area contributed by atoms with Crippen molar-refractivity contribution in [1.82, 2.24) is 14.7 Å². The first-order valence-corrected chi connectivity index (χ1v) is 8.09. The fourth-order valence-electron chi connectivity index (χ4n) is 2.96. The standard InChI is InChI=1S/C17H19F3N4O2/c1-22-15(17(18,19)20)11-14(21-22)16(25)24-9-7-23(8-10-24)12-3-5-13(26-2)6-4-12/h3-6,11H,7-10H2,1-2H3. The van der Waals surface area contributed by atoms with Crippen LogP contribution in [0.5, 0.6) is 5.75 Å². The fourth-order valence-corrected chi connectivity index (χ4v) is 2.96. The van der Waals surface area contributed by atoms with Crippen molar-refractivity contribution in [3.8, 4) is 5.75 Å². The molecule has 26 heavy (non-hydrogen) atoms. The second-order valence-electron chi connectivity index (χ2n) is 6.01. The minimum atomic E-state index is -4.53. The van der Waals surface area contributed by atoms with Crippen LogP contribution < -0.4 is 9.64 Å². The van der Waals surface area contributed by atoms with E-state index in [-0.39, 0.29) is 5.69 Å². The molecule has 1 fully saturated rings. The van der Waals surface area contributed by atoms with E-state index in [4.69, 9.17) is 4.74 Å². The Kier molecular flexibility index (Phi) is 4.80. The van der Waals surface area contributed by atoms with Crippen LogP contribution in [0.15, 0.2) is 30.3 Å². The van der Waals surface area contributed by atoms with Crippen molar-refractivity contribution in [3.63, 3.8) is 0 Å². The molecule has 2 heterocycles. The molecule has 3 rings (SSSR count). The number of carbonyl (C=O) groups excluding carboxylic acids is 1. The van der Waals surface area contributed by atoms with Gasteiger partial charge < -0.3 is 14.5 Å². The van der Waals surface area contributed by atoms with Crippen LogP contribution >= 0.6 is 0 Å². The van der Waals surface area contributed by atoms with E-state index >= 15 is 0 Å². The van der Waals surface area contributed by atoms with Crippen molar-refractivity contribution < 1.29 is 22.7 Å². The zero-order valence-corrected chi connectivity index (χ0v) is 14.5. The van der Waals surface area contributed by atoms with Crippen molar-refractivity contribution in [2.75, 3.05) is 38.2 Å². The van der Waals surface area contributed by atoms with Crippen molar-refractivity contribution in [3.05, 3.63) is 41.7 Å². The average Bonchev–Trinajstić information content (AvgIpc) is 3.03. The maximum atomic E-state index is 12.9. The minimum absolute atomic E-state index is 0.183. The Morgan fingerprint density at radius 2 is 1.73 bits per heavy atom. The van der Waals surface area contributed by atoms with Gasteiger partial charge in [-0.25, -0.2) is 0 Å². The summed E-state index contributed by atoms with van der Waals surface area (Å²) in [4.78, 5) is 16.1. The number of halogens is 3. The Hall–Kier alpha value is -2.71. The summed E-state index contributed by atoms with van der Waals surface area (Å²) in [6.07, 6.45) is -4.53. The summed E-state index contributed by atoms with van der Waals surface area (Å²) in [6.45, 7) is 2.03. The van der Waals surface area contributed by atoms with E-state index in [1.807, 2.05) is 24.3 Å². The number of aryl methyl sites for hydroxylation is 1. The summed E-state index contributed by atoms with van der Waals surface area (Å²) in [5, 5.41) is 3.73. The summed E-state index contributed by atoms with van der Waals surface area (Å²) < 4.78 is 44.4. The van der Waals surface area contributed by atoms with Gasteiger partial charge in [-0.2, -0.15) is 18.3 Å². The molecule has 1 aliphatic rings. The molecule has 1 aliphatic heterocycles. The molecule has 1 saturated heterocycles. The number of anilines is 1. The third-order valence-electron chi connectivity index (χ3n) is 4.39. The van der Waals surface area contributed by atoms with Gasteiger partial charge in [0.1, 0.15) is 11.4 Å². The fraction of sp³-hybridized carbons (Fsp3) is 0.412. The van der Waals surface area contributed by atoms with Crippen LogP contribution in [0.3, 0.4) is 0 Å². The Labute approximate surface area is 148 Å². The number of nitrogens with zero attached hydrogens (tertiary/aromatic N) is 4. The molecule has 0 unspecified atom stereocenters. The van der Waals surface area contributed by atoms with Gasteiger partial charge >= 0.3 is 6.18 Å². The van der Waals surface area contributed by atoms with Crippen molar-refractivity contribution in [2.24, 2.45) is 7.05 Å².